The summed E-state index contributed by atoms with van der Waals surface area (Å²) in [6.07, 6.45) is -8.08. The smallest absolute Gasteiger partial charge is 0.187 e. The lowest BCUT2D eigenvalue weighted by Gasteiger charge is -2.56. The summed E-state index contributed by atoms with van der Waals surface area (Å²) in [6, 6.07) is 67.6. The maximum absolute atomic E-state index is 13.2. The van der Waals surface area contributed by atoms with Crippen molar-refractivity contribution in [2.75, 3.05) is 13.7 Å². The van der Waals surface area contributed by atoms with Gasteiger partial charge in [0, 0.05) is 4.90 Å². The average Bonchev–Trinajstić information content (AvgIpc) is 3.45. The highest BCUT2D eigenvalue weighted by atomic mass is 32.2. The maximum Gasteiger partial charge on any atom is 0.187 e. The fraction of sp³-hybridized carbons (Fsp3) is 0.344. The Hall–Kier alpha value is -5.45. The van der Waals surface area contributed by atoms with Crippen LogP contribution in [0.2, 0.25) is 0 Å². The van der Waals surface area contributed by atoms with E-state index >= 15 is 0 Å². The van der Waals surface area contributed by atoms with E-state index in [0.29, 0.717) is 6.61 Å². The van der Waals surface area contributed by atoms with E-state index in [1.807, 2.05) is 143 Å². The number of aliphatic hydroxyl groups is 1. The van der Waals surface area contributed by atoms with Gasteiger partial charge in [-0.2, -0.15) is 0 Å². The fourth-order valence-corrected chi connectivity index (χ4v) is 15.3. The third-order valence-electron chi connectivity index (χ3n) is 13.6. The molecule has 12 heteroatoms. The van der Waals surface area contributed by atoms with Crippen molar-refractivity contribution in [2.24, 2.45) is 0 Å². The predicted molar refractivity (Wildman–Crippen MR) is 300 cm³/mol. The third kappa shape index (κ3) is 14.2. The third-order valence-corrected chi connectivity index (χ3v) is 18.6. The topological polar surface area (TPSA) is 103 Å². The molecule has 397 valence electrons. The SMILES string of the molecule is COc1ccc(CO[C@H]2[C@@H](O)[C@@H](COC(C)(C)C)O[C@](Sc3ccc(C)cc3)([Si](c3ccccc3)c3ccccc3)[C@@H]2O[C@@H]2O[C@@H](C)[C@@H](OCc3ccccc3)[C@@H](OCc3ccccc3)[C@@H]2OCc2ccccc2)cc1. The molecule has 9 rings (SSSR count). The van der Waals surface area contributed by atoms with Crippen LogP contribution in [0.15, 0.2) is 205 Å². The number of hydrogen-bond donors (Lipinski definition) is 1. The molecule has 2 aliphatic rings. The fourth-order valence-electron chi connectivity index (χ4n) is 9.72. The highest BCUT2D eigenvalue weighted by Crippen LogP contribution is 2.49. The monoisotopic (exact) mass is 1060 g/mol. The van der Waals surface area contributed by atoms with Gasteiger partial charge in [0.25, 0.3) is 0 Å². The number of thioether (sulfide) groups is 1. The number of benzene rings is 7. The van der Waals surface area contributed by atoms with Gasteiger partial charge in [0.1, 0.15) is 53.0 Å². The molecule has 0 spiro atoms. The van der Waals surface area contributed by atoms with Gasteiger partial charge in [0.2, 0.25) is 0 Å². The lowest BCUT2D eigenvalue weighted by molar-refractivity contribution is -0.353. The van der Waals surface area contributed by atoms with Crippen LogP contribution < -0.4 is 15.1 Å². The van der Waals surface area contributed by atoms with Crippen LogP contribution in [0.5, 0.6) is 5.75 Å². The van der Waals surface area contributed by atoms with Gasteiger partial charge in [-0.05, 0) is 81.1 Å². The number of ether oxygens (including phenoxy) is 9. The van der Waals surface area contributed by atoms with Gasteiger partial charge in [-0.25, -0.2) is 0 Å². The quantitative estimate of drug-likeness (QED) is 0.0657. The molecule has 76 heavy (non-hydrogen) atoms. The van der Waals surface area contributed by atoms with Crippen LogP contribution >= 0.6 is 11.8 Å². The van der Waals surface area contributed by atoms with Crippen LogP contribution in [-0.4, -0.2) is 92.9 Å². The van der Waals surface area contributed by atoms with Crippen LogP contribution in [0.4, 0.5) is 0 Å². The van der Waals surface area contributed by atoms with Gasteiger partial charge in [-0.15, -0.1) is 0 Å². The molecule has 1 N–H and O–H groups in total. The van der Waals surface area contributed by atoms with Crippen molar-refractivity contribution in [3.8, 4) is 5.75 Å². The lowest BCUT2D eigenvalue weighted by atomic mass is 9.96. The molecule has 2 fully saturated rings. The van der Waals surface area contributed by atoms with Crippen LogP contribution in [0.1, 0.15) is 55.5 Å². The first kappa shape index (κ1) is 55.3. The van der Waals surface area contributed by atoms with Gasteiger partial charge < -0.3 is 47.7 Å². The van der Waals surface area contributed by atoms with E-state index in [9.17, 15) is 5.11 Å². The van der Waals surface area contributed by atoms with Crippen molar-refractivity contribution in [3.63, 3.8) is 0 Å². The number of rotatable bonds is 22. The van der Waals surface area contributed by atoms with Crippen molar-refractivity contribution in [1.82, 2.24) is 0 Å². The van der Waals surface area contributed by atoms with Gasteiger partial charge in [-0.3, -0.25) is 0 Å². The van der Waals surface area contributed by atoms with Crippen LogP contribution in [0.3, 0.4) is 0 Å². The lowest BCUT2D eigenvalue weighted by Crippen LogP contribution is -2.76. The van der Waals surface area contributed by atoms with E-state index in [2.05, 4.69) is 91.9 Å². The Morgan fingerprint density at radius 2 is 1.00 bits per heavy atom. The van der Waals surface area contributed by atoms with E-state index in [4.69, 9.17) is 42.6 Å². The van der Waals surface area contributed by atoms with E-state index in [0.717, 1.165) is 48.8 Å². The standard InChI is InChI=1S/C64H71O10SSi/c1-45-32-38-52(39-33-45)75-64(76(53-28-18-10-19-29-53)54-30-20-11-21-31-54)61(58(56(65)55(74-64)44-71-63(3,4)5)68-43-50-34-36-51(66-6)37-35-50)73-62-60(70-42-49-26-16-9-17-27-49)59(69-41-48-24-14-8-15-25-48)57(46(2)72-62)67-40-47-22-12-7-13-23-47/h7-39,46,55-62,65H,40-44H2,1-6H3/t46-,55+,56-,57+,58-,59+,60-,61+,62-,64+/m0/s1. The largest absolute Gasteiger partial charge is 0.497 e. The molecule has 2 saturated heterocycles. The Kier molecular flexibility index (Phi) is 19.1. The van der Waals surface area contributed by atoms with Crippen molar-refractivity contribution in [1.29, 1.82) is 0 Å². The molecule has 0 saturated carbocycles. The normalized spacial score (nSPS) is 24.8. The number of methoxy groups -OCH3 is 1. The Morgan fingerprint density at radius 3 is 1.49 bits per heavy atom. The molecule has 0 bridgehead atoms. The maximum atomic E-state index is 13.2. The van der Waals surface area contributed by atoms with Gasteiger partial charge in [0.05, 0.1) is 51.8 Å². The zero-order valence-electron chi connectivity index (χ0n) is 44.3. The van der Waals surface area contributed by atoms with Crippen LogP contribution in [0, 0.1) is 6.92 Å². The highest BCUT2D eigenvalue weighted by Gasteiger charge is 2.63. The molecule has 0 aliphatic carbocycles. The Morgan fingerprint density at radius 1 is 0.553 bits per heavy atom. The second-order valence-corrected chi connectivity index (χ2v) is 24.7. The summed E-state index contributed by atoms with van der Waals surface area (Å²) in [6.45, 7) is 11.1. The summed E-state index contributed by atoms with van der Waals surface area (Å²) in [7, 11) is -0.542. The zero-order valence-corrected chi connectivity index (χ0v) is 46.1. The van der Waals surface area contributed by atoms with E-state index in [1.54, 1.807) is 18.9 Å². The molecule has 1 radical (unpaired) electrons. The second-order valence-electron chi connectivity index (χ2n) is 20.4. The average molecular weight is 1060 g/mol. The number of aryl methyl sites for hydroxylation is 1. The van der Waals surface area contributed by atoms with Gasteiger partial charge in [-0.1, -0.05) is 204 Å². The predicted octanol–water partition coefficient (Wildman–Crippen LogP) is 10.7. The van der Waals surface area contributed by atoms with Gasteiger partial charge >= 0.3 is 0 Å². The first-order chi connectivity index (χ1) is 37.0. The van der Waals surface area contributed by atoms with Gasteiger partial charge in [0.15, 0.2) is 15.1 Å². The van der Waals surface area contributed by atoms with E-state index < -0.39 is 74.1 Å². The summed E-state index contributed by atoms with van der Waals surface area (Å²) in [5, 5.41) is 15.3. The summed E-state index contributed by atoms with van der Waals surface area (Å²) in [5.41, 5.74) is 4.42. The molecule has 0 unspecified atom stereocenters. The minimum Gasteiger partial charge on any atom is -0.497 e. The molecule has 0 amide bonds. The number of aliphatic hydroxyl groups excluding tert-OH is 1. The Balaban J connectivity index is 1.23. The molecule has 7 aromatic carbocycles. The molecule has 2 heterocycles. The summed E-state index contributed by atoms with van der Waals surface area (Å²) in [4.78, 5) is 0.947. The van der Waals surface area contributed by atoms with Crippen LogP contribution in [-0.2, 0) is 64.3 Å². The van der Waals surface area contributed by atoms with Crippen LogP contribution in [0.25, 0.3) is 0 Å². The molecular formula is C64H71O10SSi. The van der Waals surface area contributed by atoms with Crippen molar-refractivity contribution >= 4 is 30.9 Å². The minimum atomic E-state index is -2.19. The highest BCUT2D eigenvalue weighted by molar-refractivity contribution is 8.02. The molecule has 10 atom stereocenters. The molecule has 10 nitrogen and oxygen atoms in total. The minimum absolute atomic E-state index is 0.0737. The molecular weight excluding hydrogens is 989 g/mol. The van der Waals surface area contributed by atoms with Crippen molar-refractivity contribution in [2.45, 2.75) is 131 Å². The van der Waals surface area contributed by atoms with Crippen molar-refractivity contribution < 1.29 is 47.7 Å². The summed E-state index contributed by atoms with van der Waals surface area (Å²) in [5.74, 6) is 0.724. The first-order valence-electron chi connectivity index (χ1n) is 26.2. The summed E-state index contributed by atoms with van der Waals surface area (Å²) < 4.78 is 62.2. The zero-order chi connectivity index (χ0) is 52.9. The molecule has 2 aliphatic heterocycles. The van der Waals surface area contributed by atoms with Crippen molar-refractivity contribution in [3.05, 3.63) is 228 Å². The second kappa shape index (κ2) is 26.3. The van der Waals surface area contributed by atoms with E-state index in [1.165, 1.54) is 0 Å². The first-order valence-corrected chi connectivity index (χ1v) is 28.5. The molecule has 7 aromatic rings. The number of hydrogen-bond acceptors (Lipinski definition) is 11. The Labute approximate surface area is 455 Å². The van der Waals surface area contributed by atoms with E-state index in [-0.39, 0.29) is 26.4 Å². The Bertz CT molecular complexity index is 2750. The summed E-state index contributed by atoms with van der Waals surface area (Å²) >= 11 is 1.59. The molecule has 0 aromatic heterocycles.